The van der Waals surface area contributed by atoms with E-state index in [2.05, 4.69) is 15.5 Å². The number of hydrogen-bond donors (Lipinski definition) is 2. The highest BCUT2D eigenvalue weighted by Crippen LogP contribution is 2.38. The van der Waals surface area contributed by atoms with Gasteiger partial charge >= 0.3 is 6.03 Å². The number of anilines is 2. The number of aryl methyl sites for hydroxylation is 1. The van der Waals surface area contributed by atoms with Gasteiger partial charge in [0, 0.05) is 24.5 Å². The number of imide groups is 1. The molecule has 29 heavy (non-hydrogen) atoms. The van der Waals surface area contributed by atoms with Gasteiger partial charge in [0.15, 0.2) is 0 Å². The lowest BCUT2D eigenvalue weighted by Gasteiger charge is -2.36. The lowest BCUT2D eigenvalue weighted by molar-refractivity contribution is -0.136. The van der Waals surface area contributed by atoms with E-state index < -0.39 is 11.6 Å². The van der Waals surface area contributed by atoms with Gasteiger partial charge in [0.2, 0.25) is 5.91 Å². The molecular formula is C22H30N4O3. The first-order valence-corrected chi connectivity index (χ1v) is 10.7. The SMILES string of the molecule is Cc1cc(NC(=O)CN2C(=O)N[C@]3(CCCC[C@@H]3C)C2=O)ccc1N1CCCC1. The number of nitrogens with zero attached hydrogens (tertiary/aromatic N) is 2. The molecule has 4 amide bonds. The zero-order valence-electron chi connectivity index (χ0n) is 17.3. The van der Waals surface area contributed by atoms with Gasteiger partial charge in [-0.3, -0.25) is 14.5 Å². The second kappa shape index (κ2) is 7.69. The van der Waals surface area contributed by atoms with Crippen molar-refractivity contribution in [3.8, 4) is 0 Å². The molecule has 0 bridgehead atoms. The normalized spacial score (nSPS) is 26.9. The van der Waals surface area contributed by atoms with Gasteiger partial charge in [-0.15, -0.1) is 0 Å². The van der Waals surface area contributed by atoms with Crippen LogP contribution in [0, 0.1) is 12.8 Å². The monoisotopic (exact) mass is 398 g/mol. The van der Waals surface area contributed by atoms with Crippen molar-refractivity contribution in [1.29, 1.82) is 0 Å². The zero-order chi connectivity index (χ0) is 20.6. The van der Waals surface area contributed by atoms with E-state index in [1.165, 1.54) is 18.5 Å². The molecule has 2 N–H and O–H groups in total. The Morgan fingerprint density at radius 1 is 1.21 bits per heavy atom. The fourth-order valence-electron chi connectivity index (χ4n) is 5.03. The molecule has 1 spiro atoms. The summed E-state index contributed by atoms with van der Waals surface area (Å²) < 4.78 is 0. The number of urea groups is 1. The van der Waals surface area contributed by atoms with Crippen molar-refractivity contribution in [3.05, 3.63) is 23.8 Å². The minimum Gasteiger partial charge on any atom is -0.371 e. The van der Waals surface area contributed by atoms with Crippen LogP contribution in [0.15, 0.2) is 18.2 Å². The standard InChI is InChI=1S/C22H30N4O3/c1-15-13-17(8-9-18(15)25-11-5-6-12-25)23-19(27)14-26-20(28)22(24-21(26)29)10-4-3-7-16(22)2/h8-9,13,16H,3-7,10-12,14H2,1-2H3,(H,23,27)(H,24,29)/t16-,22-/m0/s1. The average molecular weight is 399 g/mol. The van der Waals surface area contributed by atoms with Crippen LogP contribution in [0.5, 0.6) is 0 Å². The fraction of sp³-hybridized carbons (Fsp3) is 0.591. The highest BCUT2D eigenvalue weighted by Gasteiger charge is 2.55. The first kappa shape index (κ1) is 19.7. The molecule has 0 aromatic heterocycles. The minimum absolute atomic E-state index is 0.0848. The van der Waals surface area contributed by atoms with E-state index in [1.807, 2.05) is 32.0 Å². The number of rotatable bonds is 4. The second-order valence-corrected chi connectivity index (χ2v) is 8.68. The maximum absolute atomic E-state index is 13.0. The Morgan fingerprint density at radius 3 is 2.66 bits per heavy atom. The first-order valence-electron chi connectivity index (χ1n) is 10.7. The molecule has 4 rings (SSSR count). The van der Waals surface area contributed by atoms with E-state index in [0.29, 0.717) is 12.1 Å². The van der Waals surface area contributed by atoms with Crippen molar-refractivity contribution < 1.29 is 14.4 Å². The largest absolute Gasteiger partial charge is 0.371 e. The molecule has 7 heteroatoms. The summed E-state index contributed by atoms with van der Waals surface area (Å²) in [6.07, 6.45) is 5.97. The molecule has 1 aliphatic carbocycles. The average Bonchev–Trinajstić information content (AvgIpc) is 3.28. The Hall–Kier alpha value is -2.57. The smallest absolute Gasteiger partial charge is 0.325 e. The maximum atomic E-state index is 13.0. The highest BCUT2D eigenvalue weighted by molar-refractivity contribution is 6.10. The summed E-state index contributed by atoms with van der Waals surface area (Å²) in [5, 5.41) is 5.73. The number of hydrogen-bond acceptors (Lipinski definition) is 4. The lowest BCUT2D eigenvalue weighted by atomic mass is 9.73. The summed E-state index contributed by atoms with van der Waals surface area (Å²) in [6, 6.07) is 5.40. The van der Waals surface area contributed by atoms with Gasteiger partial charge in [-0.25, -0.2) is 4.79 Å². The van der Waals surface area contributed by atoms with E-state index in [1.54, 1.807) is 0 Å². The van der Waals surface area contributed by atoms with Crippen LogP contribution in [0.1, 0.15) is 51.0 Å². The molecule has 3 fully saturated rings. The van der Waals surface area contributed by atoms with Crippen LogP contribution in [0.3, 0.4) is 0 Å². The second-order valence-electron chi connectivity index (χ2n) is 8.68. The molecule has 2 saturated heterocycles. The topological polar surface area (TPSA) is 81.8 Å². The van der Waals surface area contributed by atoms with Crippen LogP contribution in [-0.2, 0) is 9.59 Å². The molecule has 1 aromatic carbocycles. The maximum Gasteiger partial charge on any atom is 0.325 e. The van der Waals surface area contributed by atoms with E-state index >= 15 is 0 Å². The molecular weight excluding hydrogens is 368 g/mol. The molecule has 156 valence electrons. The van der Waals surface area contributed by atoms with Gasteiger partial charge in [0.1, 0.15) is 12.1 Å². The lowest BCUT2D eigenvalue weighted by Crippen LogP contribution is -2.54. The summed E-state index contributed by atoms with van der Waals surface area (Å²) in [5.74, 6) is -0.533. The summed E-state index contributed by atoms with van der Waals surface area (Å²) in [5.41, 5.74) is 2.16. The molecule has 2 heterocycles. The molecule has 2 aliphatic heterocycles. The van der Waals surface area contributed by atoms with Crippen molar-refractivity contribution >= 4 is 29.2 Å². The van der Waals surface area contributed by atoms with Crippen molar-refractivity contribution in [1.82, 2.24) is 10.2 Å². The molecule has 3 aliphatic rings. The van der Waals surface area contributed by atoms with Gasteiger partial charge in [0.05, 0.1) is 0 Å². The van der Waals surface area contributed by atoms with Crippen molar-refractivity contribution in [2.24, 2.45) is 5.92 Å². The number of carbonyl (C=O) groups is 3. The van der Waals surface area contributed by atoms with E-state index in [9.17, 15) is 14.4 Å². The van der Waals surface area contributed by atoms with Gasteiger partial charge in [-0.1, -0.05) is 19.8 Å². The van der Waals surface area contributed by atoms with Crippen LogP contribution >= 0.6 is 0 Å². The molecule has 0 unspecified atom stereocenters. The van der Waals surface area contributed by atoms with Gasteiger partial charge < -0.3 is 15.5 Å². The number of nitrogens with one attached hydrogen (secondary N) is 2. The Morgan fingerprint density at radius 2 is 1.97 bits per heavy atom. The van der Waals surface area contributed by atoms with Crippen LogP contribution in [0.25, 0.3) is 0 Å². The Labute approximate surface area is 171 Å². The van der Waals surface area contributed by atoms with Crippen LogP contribution in [0.4, 0.5) is 16.2 Å². The van der Waals surface area contributed by atoms with Crippen molar-refractivity contribution in [2.75, 3.05) is 29.9 Å². The predicted molar refractivity (Wildman–Crippen MR) is 112 cm³/mol. The fourth-order valence-corrected chi connectivity index (χ4v) is 5.03. The van der Waals surface area contributed by atoms with Gasteiger partial charge in [0.25, 0.3) is 5.91 Å². The molecule has 1 aromatic rings. The van der Waals surface area contributed by atoms with E-state index in [4.69, 9.17) is 0 Å². The molecule has 2 atom stereocenters. The van der Waals surface area contributed by atoms with Crippen LogP contribution < -0.4 is 15.5 Å². The Balaban J connectivity index is 1.41. The first-order chi connectivity index (χ1) is 13.9. The third-order valence-electron chi connectivity index (χ3n) is 6.73. The molecule has 1 saturated carbocycles. The predicted octanol–water partition coefficient (Wildman–Crippen LogP) is 3.03. The quantitative estimate of drug-likeness (QED) is 0.764. The third kappa shape index (κ3) is 3.58. The number of benzene rings is 1. The van der Waals surface area contributed by atoms with Crippen LogP contribution in [0.2, 0.25) is 0 Å². The number of amides is 4. The highest BCUT2D eigenvalue weighted by atomic mass is 16.2. The molecule has 7 nitrogen and oxygen atoms in total. The summed E-state index contributed by atoms with van der Waals surface area (Å²) in [7, 11) is 0. The van der Waals surface area contributed by atoms with Gasteiger partial charge in [-0.2, -0.15) is 0 Å². The van der Waals surface area contributed by atoms with E-state index in [0.717, 1.165) is 42.8 Å². The summed E-state index contributed by atoms with van der Waals surface area (Å²) in [6.45, 7) is 5.92. The number of carbonyl (C=O) groups excluding carboxylic acids is 3. The summed E-state index contributed by atoms with van der Waals surface area (Å²) in [4.78, 5) is 41.4. The Kier molecular flexibility index (Phi) is 5.23. The van der Waals surface area contributed by atoms with Gasteiger partial charge in [-0.05, 0) is 62.3 Å². The van der Waals surface area contributed by atoms with E-state index in [-0.39, 0.29) is 24.3 Å². The van der Waals surface area contributed by atoms with Crippen molar-refractivity contribution in [2.45, 2.75) is 57.9 Å². The molecule has 0 radical (unpaired) electrons. The van der Waals surface area contributed by atoms with Crippen molar-refractivity contribution in [3.63, 3.8) is 0 Å². The Bertz CT molecular complexity index is 833. The summed E-state index contributed by atoms with van der Waals surface area (Å²) >= 11 is 0. The zero-order valence-corrected chi connectivity index (χ0v) is 17.3. The third-order valence-corrected chi connectivity index (χ3v) is 6.73. The van der Waals surface area contributed by atoms with Crippen LogP contribution in [-0.4, -0.2) is 47.9 Å². The minimum atomic E-state index is -0.830.